The van der Waals surface area contributed by atoms with Crippen LogP contribution < -0.4 is 10.1 Å². The molecule has 0 fully saturated rings. The summed E-state index contributed by atoms with van der Waals surface area (Å²) in [6, 6.07) is 16.8. The second kappa shape index (κ2) is 8.55. The lowest BCUT2D eigenvalue weighted by Gasteiger charge is -2.36. The van der Waals surface area contributed by atoms with Gasteiger partial charge in [0.05, 0.1) is 19.8 Å². The Kier molecular flexibility index (Phi) is 5.66. The smallest absolute Gasteiger partial charge is 0.341 e. The highest BCUT2D eigenvalue weighted by Gasteiger charge is 2.35. The molecule has 1 N–H and O–H groups in total. The summed E-state index contributed by atoms with van der Waals surface area (Å²) in [7, 11) is 2.96. The van der Waals surface area contributed by atoms with Gasteiger partial charge in [0, 0.05) is 12.2 Å². The number of hydrogen-bond donors (Lipinski definition) is 1. The lowest BCUT2D eigenvalue weighted by atomic mass is 10.0. The Bertz CT molecular complexity index is 1100. The van der Waals surface area contributed by atoms with Gasteiger partial charge in [-0.05, 0) is 49.2 Å². The maximum Gasteiger partial charge on any atom is 0.341 e. The van der Waals surface area contributed by atoms with Crippen LogP contribution in [0.4, 0.5) is 5.69 Å². The molecule has 1 aliphatic rings. The third-order valence-electron chi connectivity index (χ3n) is 5.43. The van der Waals surface area contributed by atoms with Crippen molar-refractivity contribution in [3.63, 3.8) is 0 Å². The number of furan rings is 1. The Morgan fingerprint density at radius 3 is 2.58 bits per heavy atom. The number of benzene rings is 2. The normalized spacial score (nSPS) is 15.3. The third kappa shape index (κ3) is 3.99. The fraction of sp³-hybridized carbons (Fsp3) is 0.250. The molecular formula is C24H24N2O5. The number of amides is 1. The number of anilines is 1. The van der Waals surface area contributed by atoms with Crippen molar-refractivity contribution >= 4 is 17.6 Å². The number of ether oxygens (including phenoxy) is 2. The van der Waals surface area contributed by atoms with Gasteiger partial charge in [0.15, 0.2) is 6.17 Å². The summed E-state index contributed by atoms with van der Waals surface area (Å²) < 4.78 is 15.9. The zero-order valence-corrected chi connectivity index (χ0v) is 17.7. The standard InChI is InChI=1S/C24H24N2O5/c1-15-19(24(28)30-3)14-21(31-15)22-25-20-7-5-4-6-18(20)23(27)26(22)13-12-16-8-10-17(29-2)11-9-16/h4-11,14,22,25H,12-13H2,1-3H3. The summed E-state index contributed by atoms with van der Waals surface area (Å²) >= 11 is 0. The van der Waals surface area contributed by atoms with Crippen molar-refractivity contribution < 1.29 is 23.5 Å². The minimum Gasteiger partial charge on any atom is -0.497 e. The molecule has 0 aliphatic carbocycles. The van der Waals surface area contributed by atoms with E-state index in [9.17, 15) is 9.59 Å². The number of nitrogens with zero attached hydrogens (tertiary/aromatic N) is 1. The van der Waals surface area contributed by atoms with Crippen LogP contribution in [0.1, 0.15) is 44.0 Å². The molecule has 2 heterocycles. The third-order valence-corrected chi connectivity index (χ3v) is 5.43. The van der Waals surface area contributed by atoms with Crippen LogP contribution >= 0.6 is 0 Å². The van der Waals surface area contributed by atoms with Gasteiger partial charge >= 0.3 is 5.97 Å². The highest BCUT2D eigenvalue weighted by Crippen LogP contribution is 2.35. The van der Waals surface area contributed by atoms with E-state index >= 15 is 0 Å². The van der Waals surface area contributed by atoms with E-state index in [1.54, 1.807) is 31.1 Å². The van der Waals surface area contributed by atoms with E-state index in [0.29, 0.717) is 35.6 Å². The highest BCUT2D eigenvalue weighted by molar-refractivity contribution is 6.01. The monoisotopic (exact) mass is 420 g/mol. The summed E-state index contributed by atoms with van der Waals surface area (Å²) in [5.74, 6) is 1.15. The van der Waals surface area contributed by atoms with Crippen molar-refractivity contribution in [2.24, 2.45) is 0 Å². The first-order chi connectivity index (χ1) is 15.0. The first-order valence-corrected chi connectivity index (χ1v) is 10.00. The quantitative estimate of drug-likeness (QED) is 0.602. The molecule has 0 bridgehead atoms. The van der Waals surface area contributed by atoms with E-state index in [1.807, 2.05) is 42.5 Å². The van der Waals surface area contributed by atoms with Gasteiger partial charge in [-0.15, -0.1) is 0 Å². The number of carbonyl (C=O) groups excluding carboxylic acids is 2. The Morgan fingerprint density at radius 1 is 1.13 bits per heavy atom. The molecule has 2 aromatic carbocycles. The Balaban J connectivity index is 1.65. The minimum atomic E-state index is -0.544. The largest absolute Gasteiger partial charge is 0.497 e. The maximum absolute atomic E-state index is 13.3. The molecular weight excluding hydrogens is 396 g/mol. The first-order valence-electron chi connectivity index (χ1n) is 10.00. The molecule has 1 aromatic heterocycles. The molecule has 0 saturated carbocycles. The average Bonchev–Trinajstić information content (AvgIpc) is 3.19. The number of carbonyl (C=O) groups is 2. The van der Waals surface area contributed by atoms with Gasteiger partial charge in [-0.2, -0.15) is 0 Å². The van der Waals surface area contributed by atoms with Crippen molar-refractivity contribution in [1.82, 2.24) is 4.90 Å². The molecule has 0 radical (unpaired) electrons. The van der Waals surface area contributed by atoms with E-state index in [-0.39, 0.29) is 5.91 Å². The average molecular weight is 420 g/mol. The van der Waals surface area contributed by atoms with Crippen molar-refractivity contribution in [2.75, 3.05) is 26.1 Å². The molecule has 4 rings (SSSR count). The van der Waals surface area contributed by atoms with Crippen LogP contribution in [0.5, 0.6) is 5.75 Å². The van der Waals surface area contributed by atoms with Crippen LogP contribution in [-0.4, -0.2) is 37.5 Å². The lowest BCUT2D eigenvalue weighted by Crippen LogP contribution is -2.43. The summed E-state index contributed by atoms with van der Waals surface area (Å²) in [5.41, 5.74) is 2.76. The van der Waals surface area contributed by atoms with Crippen LogP contribution in [0, 0.1) is 6.92 Å². The molecule has 1 amide bonds. The molecule has 1 aliphatic heterocycles. The van der Waals surface area contributed by atoms with Crippen LogP contribution in [0.25, 0.3) is 0 Å². The van der Waals surface area contributed by atoms with Crippen molar-refractivity contribution in [2.45, 2.75) is 19.5 Å². The molecule has 31 heavy (non-hydrogen) atoms. The number of esters is 1. The topological polar surface area (TPSA) is 81.0 Å². The van der Waals surface area contributed by atoms with Gasteiger partial charge in [-0.25, -0.2) is 4.79 Å². The molecule has 1 atom stereocenters. The number of aryl methyl sites for hydroxylation is 1. The second-order valence-corrected chi connectivity index (χ2v) is 7.30. The van der Waals surface area contributed by atoms with Crippen LogP contribution in [0.15, 0.2) is 59.0 Å². The van der Waals surface area contributed by atoms with E-state index in [2.05, 4.69) is 5.32 Å². The van der Waals surface area contributed by atoms with Gasteiger partial charge in [0.1, 0.15) is 22.8 Å². The van der Waals surface area contributed by atoms with Crippen molar-refractivity contribution in [1.29, 1.82) is 0 Å². The second-order valence-electron chi connectivity index (χ2n) is 7.30. The highest BCUT2D eigenvalue weighted by atomic mass is 16.5. The Morgan fingerprint density at radius 2 is 1.87 bits per heavy atom. The zero-order valence-electron chi connectivity index (χ0n) is 17.7. The van der Waals surface area contributed by atoms with Crippen LogP contribution in [-0.2, 0) is 11.2 Å². The molecule has 0 saturated heterocycles. The maximum atomic E-state index is 13.3. The van der Waals surface area contributed by atoms with E-state index in [1.165, 1.54) is 7.11 Å². The van der Waals surface area contributed by atoms with Gasteiger partial charge in [-0.3, -0.25) is 4.79 Å². The van der Waals surface area contributed by atoms with Gasteiger partial charge < -0.3 is 24.1 Å². The van der Waals surface area contributed by atoms with Crippen molar-refractivity contribution in [3.05, 3.63) is 82.8 Å². The predicted octanol–water partition coefficient (Wildman–Crippen LogP) is 4.19. The Labute approximate surface area is 180 Å². The van der Waals surface area contributed by atoms with E-state index < -0.39 is 12.1 Å². The van der Waals surface area contributed by atoms with Crippen LogP contribution in [0.2, 0.25) is 0 Å². The summed E-state index contributed by atoms with van der Waals surface area (Å²) in [4.78, 5) is 27.1. The number of hydrogen-bond acceptors (Lipinski definition) is 6. The van der Waals surface area contributed by atoms with Gasteiger partial charge in [-0.1, -0.05) is 24.3 Å². The molecule has 160 valence electrons. The van der Waals surface area contributed by atoms with Crippen LogP contribution in [0.3, 0.4) is 0 Å². The number of nitrogens with one attached hydrogen (secondary N) is 1. The molecule has 7 nitrogen and oxygen atoms in total. The van der Waals surface area contributed by atoms with Gasteiger partial charge in [0.2, 0.25) is 0 Å². The van der Waals surface area contributed by atoms with Crippen molar-refractivity contribution in [3.8, 4) is 5.75 Å². The fourth-order valence-electron chi connectivity index (χ4n) is 3.74. The summed E-state index contributed by atoms with van der Waals surface area (Å²) in [6.07, 6.45) is 0.109. The molecule has 1 unspecified atom stereocenters. The SMILES string of the molecule is COC(=O)c1cc(C2Nc3ccccc3C(=O)N2CCc2ccc(OC)cc2)oc1C. The minimum absolute atomic E-state index is 0.0958. The van der Waals surface area contributed by atoms with E-state index in [0.717, 1.165) is 17.0 Å². The summed E-state index contributed by atoms with van der Waals surface area (Å²) in [5, 5.41) is 3.39. The first kappa shape index (κ1) is 20.5. The Hall–Kier alpha value is -3.74. The number of para-hydroxylation sites is 1. The zero-order chi connectivity index (χ0) is 22.0. The van der Waals surface area contributed by atoms with E-state index in [4.69, 9.17) is 13.9 Å². The summed E-state index contributed by atoms with van der Waals surface area (Å²) in [6.45, 7) is 2.17. The number of methoxy groups -OCH3 is 2. The van der Waals surface area contributed by atoms with Gasteiger partial charge in [0.25, 0.3) is 5.91 Å². The molecule has 0 spiro atoms. The number of rotatable bonds is 6. The predicted molar refractivity (Wildman–Crippen MR) is 115 cm³/mol. The number of fused-ring (bicyclic) bond motifs is 1. The lowest BCUT2D eigenvalue weighted by molar-refractivity contribution is 0.0597. The molecule has 3 aromatic rings. The fourth-order valence-corrected chi connectivity index (χ4v) is 3.74. The molecule has 7 heteroatoms.